The maximum Gasteiger partial charge on any atom is 1.00 e. The van der Waals surface area contributed by atoms with Gasteiger partial charge in [0.1, 0.15) is 0 Å². The van der Waals surface area contributed by atoms with E-state index in [9.17, 15) is 9.59 Å². The molecule has 0 aromatic heterocycles. The van der Waals surface area contributed by atoms with Crippen LogP contribution < -0.4 is 68.9 Å². The van der Waals surface area contributed by atoms with Gasteiger partial charge in [0.25, 0.3) is 0 Å². The van der Waals surface area contributed by atoms with E-state index in [0.717, 1.165) is 25.7 Å². The normalized spacial score (nSPS) is 10.3. The largest absolute Gasteiger partial charge is 1.00 e. The molecule has 0 N–H and O–H groups in total. The predicted octanol–water partition coefficient (Wildman–Crippen LogP) is 3.84. The number of ether oxygens (including phenoxy) is 2. The molecule has 5 heteroatoms. The molecule has 0 bridgehead atoms. The minimum atomic E-state index is -0.444. The van der Waals surface area contributed by atoms with Crippen LogP contribution in [0.4, 0.5) is 0 Å². The first-order valence-corrected chi connectivity index (χ1v) is 11.1. The van der Waals surface area contributed by atoms with Gasteiger partial charge in [0, 0.05) is 0 Å². The molecule has 1 aromatic rings. The zero-order chi connectivity index (χ0) is 20.5. The Balaban J connectivity index is 0. The third kappa shape index (κ3) is 14.0. The first-order chi connectivity index (χ1) is 13.7. The zero-order valence-corrected chi connectivity index (χ0v) is 25.1. The monoisotopic (exact) mass is 524 g/mol. The van der Waals surface area contributed by atoms with Crippen LogP contribution in [0.2, 0.25) is 0 Å². The fraction of sp³-hybridized carbons (Fsp3) is 0.667. The van der Waals surface area contributed by atoms with Crippen LogP contribution in [-0.2, 0) is 9.47 Å². The van der Waals surface area contributed by atoms with Gasteiger partial charge in [-0.3, -0.25) is 0 Å². The van der Waals surface area contributed by atoms with Crippen LogP contribution in [0, 0.1) is 0 Å². The minimum Gasteiger partial charge on any atom is -1.00 e. The summed E-state index contributed by atoms with van der Waals surface area (Å²) in [6.07, 6.45) is 13.6. The molecule has 0 spiro atoms. The molecule has 0 heterocycles. The van der Waals surface area contributed by atoms with Crippen molar-refractivity contribution < 1.29 is 89.4 Å². The number of carbonyl (C=O) groups is 2. The van der Waals surface area contributed by atoms with Crippen molar-refractivity contribution in [2.75, 3.05) is 13.2 Å². The number of hydrogen-bond acceptors (Lipinski definition) is 4. The van der Waals surface area contributed by atoms with Gasteiger partial charge in [-0.05, 0) is 25.0 Å². The molecule has 0 radical (unpaired) electrons. The molecule has 29 heavy (non-hydrogen) atoms. The van der Waals surface area contributed by atoms with Crippen molar-refractivity contribution in [2.24, 2.45) is 0 Å². The fourth-order valence-electron chi connectivity index (χ4n) is 3.09. The molecule has 0 aliphatic carbocycles. The average Bonchev–Trinajstić information content (AvgIpc) is 2.72. The standard InChI is InChI=1S/C24H38O4.Cs.H/c1-3-5-7-9-11-15-19-27-23(25)21-17-13-14-18-22(21)24(26)28-20-16-12-10-8-6-4-2;;/h13-14,17-18H,3-12,15-16,19-20H2,1-2H3;;/q;+1;-1. The van der Waals surface area contributed by atoms with E-state index < -0.39 is 11.9 Å². The molecule has 0 amide bonds. The van der Waals surface area contributed by atoms with E-state index in [2.05, 4.69) is 13.8 Å². The summed E-state index contributed by atoms with van der Waals surface area (Å²) in [4.78, 5) is 24.7. The molecule has 4 nitrogen and oxygen atoms in total. The number of carbonyl (C=O) groups excluding carboxylic acids is 2. The van der Waals surface area contributed by atoms with E-state index in [4.69, 9.17) is 9.47 Å². The first kappa shape index (κ1) is 29.2. The molecule has 0 atom stereocenters. The fourth-order valence-corrected chi connectivity index (χ4v) is 3.09. The Labute approximate surface area is 237 Å². The molecule has 0 aliphatic rings. The summed E-state index contributed by atoms with van der Waals surface area (Å²) in [5, 5.41) is 0. The van der Waals surface area contributed by atoms with Crippen molar-refractivity contribution in [1.29, 1.82) is 0 Å². The van der Waals surface area contributed by atoms with E-state index >= 15 is 0 Å². The Morgan fingerprint density at radius 2 is 1.00 bits per heavy atom. The van der Waals surface area contributed by atoms with Crippen molar-refractivity contribution in [1.82, 2.24) is 0 Å². The number of rotatable bonds is 16. The van der Waals surface area contributed by atoms with Crippen molar-refractivity contribution in [3.63, 3.8) is 0 Å². The van der Waals surface area contributed by atoms with E-state index in [0.29, 0.717) is 24.3 Å². The molecule has 0 saturated carbocycles. The summed E-state index contributed by atoms with van der Waals surface area (Å²) >= 11 is 0. The Bertz CT molecular complexity index is 517. The maximum atomic E-state index is 12.4. The molecule has 0 fully saturated rings. The first-order valence-electron chi connectivity index (χ1n) is 11.1. The quantitative estimate of drug-likeness (QED) is 0.244. The van der Waals surface area contributed by atoms with Crippen LogP contribution in [0.25, 0.3) is 0 Å². The SMILES string of the molecule is CCCCCCCCOC(=O)c1ccccc1C(=O)OCCCCCCCC.[Cs+].[H-]. The van der Waals surface area contributed by atoms with Crippen LogP contribution >= 0.6 is 0 Å². The van der Waals surface area contributed by atoms with E-state index in [1.807, 2.05) is 0 Å². The molecule has 1 rings (SSSR count). The van der Waals surface area contributed by atoms with Crippen LogP contribution in [-0.4, -0.2) is 25.2 Å². The Kier molecular flexibility index (Phi) is 20.3. The van der Waals surface area contributed by atoms with Gasteiger partial charge in [-0.2, -0.15) is 0 Å². The molecule has 0 unspecified atom stereocenters. The van der Waals surface area contributed by atoms with Crippen LogP contribution in [0.3, 0.4) is 0 Å². The third-order valence-corrected chi connectivity index (χ3v) is 4.83. The summed E-state index contributed by atoms with van der Waals surface area (Å²) in [5.41, 5.74) is 0.586. The summed E-state index contributed by atoms with van der Waals surface area (Å²) in [6, 6.07) is 6.74. The second-order valence-corrected chi connectivity index (χ2v) is 7.35. The second-order valence-electron chi connectivity index (χ2n) is 7.35. The minimum absolute atomic E-state index is 0. The number of hydrogen-bond donors (Lipinski definition) is 0. The summed E-state index contributed by atoms with van der Waals surface area (Å²) in [5.74, 6) is -0.888. The van der Waals surface area contributed by atoms with Gasteiger partial charge in [0.05, 0.1) is 24.3 Å². The average molecular weight is 524 g/mol. The topological polar surface area (TPSA) is 52.6 Å². The number of unbranched alkanes of at least 4 members (excludes halogenated alkanes) is 10. The molecule has 0 aliphatic heterocycles. The van der Waals surface area contributed by atoms with E-state index in [1.165, 1.54) is 51.4 Å². The van der Waals surface area contributed by atoms with Crippen LogP contribution in [0.5, 0.6) is 0 Å². The van der Waals surface area contributed by atoms with Gasteiger partial charge in [-0.15, -0.1) is 0 Å². The van der Waals surface area contributed by atoms with Gasteiger partial charge in [-0.1, -0.05) is 90.2 Å². The summed E-state index contributed by atoms with van der Waals surface area (Å²) < 4.78 is 10.7. The molecule has 1 aromatic carbocycles. The molecular formula is C24H39CsO4. The Morgan fingerprint density at radius 3 is 1.38 bits per heavy atom. The predicted molar refractivity (Wildman–Crippen MR) is 115 cm³/mol. The smallest absolute Gasteiger partial charge is 1.00 e. The number of esters is 2. The van der Waals surface area contributed by atoms with Gasteiger partial charge in [0.15, 0.2) is 0 Å². The Morgan fingerprint density at radius 1 is 0.655 bits per heavy atom. The van der Waals surface area contributed by atoms with Crippen LogP contribution in [0.15, 0.2) is 24.3 Å². The van der Waals surface area contributed by atoms with Crippen molar-refractivity contribution >= 4 is 11.9 Å². The van der Waals surface area contributed by atoms with Gasteiger partial charge in [-0.25, -0.2) is 9.59 Å². The summed E-state index contributed by atoms with van der Waals surface area (Å²) in [7, 11) is 0. The van der Waals surface area contributed by atoms with Crippen LogP contribution in [0.1, 0.15) is 113 Å². The van der Waals surface area contributed by atoms with E-state index in [-0.39, 0.29) is 70.3 Å². The van der Waals surface area contributed by atoms with Crippen molar-refractivity contribution in [3.8, 4) is 0 Å². The van der Waals surface area contributed by atoms with Crippen molar-refractivity contribution in [2.45, 2.75) is 90.9 Å². The van der Waals surface area contributed by atoms with E-state index in [1.54, 1.807) is 24.3 Å². The maximum absolute atomic E-state index is 12.4. The zero-order valence-electron chi connectivity index (χ0n) is 19.8. The molecular weight excluding hydrogens is 485 g/mol. The van der Waals surface area contributed by atoms with Gasteiger partial charge in [0.2, 0.25) is 0 Å². The molecule has 160 valence electrons. The second kappa shape index (κ2) is 20.1. The third-order valence-electron chi connectivity index (χ3n) is 4.83. The van der Waals surface area contributed by atoms with Gasteiger partial charge < -0.3 is 10.9 Å². The molecule has 0 saturated heterocycles. The summed E-state index contributed by atoms with van der Waals surface area (Å²) in [6.45, 7) is 5.17. The van der Waals surface area contributed by atoms with Crippen molar-refractivity contribution in [3.05, 3.63) is 35.4 Å². The number of benzene rings is 1. The van der Waals surface area contributed by atoms with Gasteiger partial charge >= 0.3 is 80.8 Å². The Hall–Kier alpha value is 0.212.